The summed E-state index contributed by atoms with van der Waals surface area (Å²) in [5, 5.41) is 44.5. The van der Waals surface area contributed by atoms with Crippen molar-refractivity contribution in [2.45, 2.75) is 109 Å². The second-order valence-corrected chi connectivity index (χ2v) is 11.0. The van der Waals surface area contributed by atoms with Crippen LogP contribution in [0.4, 0.5) is 0 Å². The molecule has 4 fully saturated rings. The number of aliphatic hydroxyl groups is 4. The molecule has 6 heteroatoms. The van der Waals surface area contributed by atoms with Crippen LogP contribution in [0.1, 0.15) is 79.1 Å². The van der Waals surface area contributed by atoms with E-state index in [0.717, 1.165) is 32.1 Å². The van der Waals surface area contributed by atoms with E-state index in [1.165, 1.54) is 6.92 Å². The predicted molar refractivity (Wildman–Crippen MR) is 107 cm³/mol. The maximum Gasteiger partial charge on any atom is 0.302 e. The maximum absolute atomic E-state index is 12.2. The third-order valence-corrected chi connectivity index (χ3v) is 10.1. The number of ether oxygens (including phenoxy) is 1. The maximum atomic E-state index is 12.2. The highest BCUT2D eigenvalue weighted by Gasteiger charge is 2.76. The quantitative estimate of drug-likeness (QED) is 0.520. The van der Waals surface area contributed by atoms with Gasteiger partial charge in [-0.1, -0.05) is 13.8 Å². The Morgan fingerprint density at radius 1 is 1.03 bits per heavy atom. The molecule has 0 aromatic rings. The highest BCUT2D eigenvalue weighted by Crippen LogP contribution is 2.70. The van der Waals surface area contributed by atoms with Crippen molar-refractivity contribution >= 4 is 5.97 Å². The molecular formula is C23H38O6. The second-order valence-electron chi connectivity index (χ2n) is 11.0. The summed E-state index contributed by atoms with van der Waals surface area (Å²) >= 11 is 0. The Hall–Kier alpha value is -0.690. The van der Waals surface area contributed by atoms with Crippen molar-refractivity contribution < 1.29 is 30.0 Å². The Kier molecular flexibility index (Phi) is 4.94. The Morgan fingerprint density at radius 2 is 1.72 bits per heavy atom. The number of rotatable bonds is 2. The monoisotopic (exact) mass is 410 g/mol. The van der Waals surface area contributed by atoms with E-state index in [9.17, 15) is 25.2 Å². The van der Waals surface area contributed by atoms with Crippen LogP contribution in [-0.4, -0.2) is 55.9 Å². The lowest BCUT2D eigenvalue weighted by molar-refractivity contribution is -0.289. The molecule has 4 aliphatic rings. The molecular weight excluding hydrogens is 372 g/mol. The van der Waals surface area contributed by atoms with Crippen molar-refractivity contribution in [1.29, 1.82) is 0 Å². The van der Waals surface area contributed by atoms with E-state index in [0.29, 0.717) is 18.8 Å². The topological polar surface area (TPSA) is 107 Å². The number of hydrogen-bond donors (Lipinski definition) is 4. The molecule has 6 nitrogen and oxygen atoms in total. The van der Waals surface area contributed by atoms with Crippen LogP contribution in [-0.2, 0) is 9.53 Å². The zero-order valence-corrected chi connectivity index (χ0v) is 18.2. The van der Waals surface area contributed by atoms with Gasteiger partial charge in [0.25, 0.3) is 0 Å². The lowest BCUT2D eigenvalue weighted by Gasteiger charge is -2.66. The Balaban J connectivity index is 1.80. The van der Waals surface area contributed by atoms with Crippen molar-refractivity contribution in [3.63, 3.8) is 0 Å². The number of esters is 1. The van der Waals surface area contributed by atoms with E-state index in [2.05, 4.69) is 6.92 Å². The van der Waals surface area contributed by atoms with Crippen molar-refractivity contribution in [1.82, 2.24) is 0 Å². The normalized spacial score (nSPS) is 55.4. The first-order valence-electron chi connectivity index (χ1n) is 11.4. The average Bonchev–Trinajstić information content (AvgIpc) is 2.86. The molecule has 0 saturated heterocycles. The Labute approximate surface area is 173 Å². The highest BCUT2D eigenvalue weighted by atomic mass is 16.5. The van der Waals surface area contributed by atoms with Crippen LogP contribution >= 0.6 is 0 Å². The van der Waals surface area contributed by atoms with Gasteiger partial charge in [-0.25, -0.2) is 0 Å². The standard InChI is InChI=1S/C23H38O6/c1-13(24)22(27)9-10-23(28)17-6-5-15-11-16(26)7-8-20(15,3)18(17)12-19(21(22,23)4)29-14(2)25/h13,15-19,24,26-28H,5-12H2,1-4H3/t13-,15-,16-,17+,18-,19+,20-,21+,22+,23-/m0/s1. The molecule has 0 heterocycles. The minimum absolute atomic E-state index is 0.0106. The van der Waals surface area contributed by atoms with E-state index in [4.69, 9.17) is 4.74 Å². The van der Waals surface area contributed by atoms with Gasteiger partial charge >= 0.3 is 5.97 Å². The van der Waals surface area contributed by atoms with Gasteiger partial charge in [-0.15, -0.1) is 0 Å². The number of hydrogen-bond acceptors (Lipinski definition) is 6. The molecule has 29 heavy (non-hydrogen) atoms. The van der Waals surface area contributed by atoms with Crippen LogP contribution in [0.25, 0.3) is 0 Å². The molecule has 4 N–H and O–H groups in total. The van der Waals surface area contributed by atoms with Crippen molar-refractivity contribution in [2.75, 3.05) is 0 Å². The van der Waals surface area contributed by atoms with Crippen molar-refractivity contribution in [3.8, 4) is 0 Å². The molecule has 10 atom stereocenters. The van der Waals surface area contributed by atoms with Gasteiger partial charge in [0.05, 0.1) is 23.2 Å². The van der Waals surface area contributed by atoms with Gasteiger partial charge in [-0.3, -0.25) is 4.79 Å². The summed E-state index contributed by atoms with van der Waals surface area (Å²) in [6, 6.07) is 0. The fraction of sp³-hybridized carbons (Fsp3) is 0.957. The van der Waals surface area contributed by atoms with Gasteiger partial charge in [0.1, 0.15) is 11.7 Å². The summed E-state index contributed by atoms with van der Waals surface area (Å²) in [7, 11) is 0. The van der Waals surface area contributed by atoms with Crippen LogP contribution in [0.15, 0.2) is 0 Å². The SMILES string of the molecule is CC(=O)O[C@@H]1C[C@H]2[C@@H](CC[C@H]3C[C@@H](O)CC[C@@]32C)[C@@]2(O)CC[C@@](O)([C@H](C)O)[C@@]12C. The van der Waals surface area contributed by atoms with Gasteiger partial charge in [-0.05, 0) is 81.5 Å². The molecule has 0 aromatic carbocycles. The molecule has 0 aromatic heterocycles. The first-order chi connectivity index (χ1) is 13.4. The zero-order chi connectivity index (χ0) is 21.4. The molecule has 0 amide bonds. The van der Waals surface area contributed by atoms with Gasteiger partial charge < -0.3 is 25.2 Å². The first kappa shape index (κ1) is 21.5. The summed E-state index contributed by atoms with van der Waals surface area (Å²) in [6.07, 6.45) is 3.59. The van der Waals surface area contributed by atoms with E-state index < -0.39 is 34.8 Å². The summed E-state index contributed by atoms with van der Waals surface area (Å²) < 4.78 is 5.79. The minimum Gasteiger partial charge on any atom is -0.462 e. The summed E-state index contributed by atoms with van der Waals surface area (Å²) in [4.78, 5) is 12.0. The lowest BCUT2D eigenvalue weighted by atomic mass is 9.42. The summed E-state index contributed by atoms with van der Waals surface area (Å²) in [5.74, 6) is 0.125. The van der Waals surface area contributed by atoms with Crippen molar-refractivity contribution in [2.24, 2.45) is 28.6 Å². The number of carbonyl (C=O) groups is 1. The fourth-order valence-electron chi connectivity index (χ4n) is 8.26. The Morgan fingerprint density at radius 3 is 2.34 bits per heavy atom. The van der Waals surface area contributed by atoms with E-state index >= 15 is 0 Å². The van der Waals surface area contributed by atoms with Crippen molar-refractivity contribution in [3.05, 3.63) is 0 Å². The van der Waals surface area contributed by atoms with Crippen LogP contribution in [0.2, 0.25) is 0 Å². The van der Waals surface area contributed by atoms with Gasteiger partial charge in [0.15, 0.2) is 0 Å². The molecule has 0 unspecified atom stereocenters. The largest absolute Gasteiger partial charge is 0.462 e. The Bertz CT molecular complexity index is 680. The third-order valence-electron chi connectivity index (χ3n) is 10.1. The van der Waals surface area contributed by atoms with Gasteiger partial charge in [-0.2, -0.15) is 0 Å². The molecule has 4 rings (SSSR count). The fourth-order valence-corrected chi connectivity index (χ4v) is 8.26. The van der Waals surface area contributed by atoms with Gasteiger partial charge in [0.2, 0.25) is 0 Å². The third kappa shape index (κ3) is 2.65. The lowest BCUT2D eigenvalue weighted by Crippen LogP contribution is -2.72. The molecule has 166 valence electrons. The minimum atomic E-state index is -1.51. The number of fused-ring (bicyclic) bond motifs is 5. The van der Waals surface area contributed by atoms with Crippen LogP contribution in [0.3, 0.4) is 0 Å². The summed E-state index contributed by atoms with van der Waals surface area (Å²) in [5.41, 5.74) is -3.86. The number of aliphatic hydroxyl groups excluding tert-OH is 2. The van der Waals surface area contributed by atoms with E-state index in [1.54, 1.807) is 6.92 Å². The molecule has 0 radical (unpaired) electrons. The van der Waals surface area contributed by atoms with E-state index in [1.807, 2.05) is 6.92 Å². The molecule has 0 spiro atoms. The number of carbonyl (C=O) groups excluding carboxylic acids is 1. The summed E-state index contributed by atoms with van der Waals surface area (Å²) in [6.45, 7) is 7.03. The zero-order valence-electron chi connectivity index (χ0n) is 18.2. The first-order valence-corrected chi connectivity index (χ1v) is 11.4. The second kappa shape index (κ2) is 6.65. The highest BCUT2D eigenvalue weighted by molar-refractivity contribution is 5.66. The van der Waals surface area contributed by atoms with Gasteiger partial charge in [0, 0.05) is 6.92 Å². The molecule has 0 bridgehead atoms. The van der Waals surface area contributed by atoms with Crippen LogP contribution in [0.5, 0.6) is 0 Å². The molecule has 4 saturated carbocycles. The predicted octanol–water partition coefficient (Wildman–Crippen LogP) is 2.16. The van der Waals surface area contributed by atoms with Crippen LogP contribution < -0.4 is 0 Å². The van der Waals surface area contributed by atoms with Crippen LogP contribution in [0, 0.1) is 28.6 Å². The smallest absolute Gasteiger partial charge is 0.302 e. The van der Waals surface area contributed by atoms with E-state index in [-0.39, 0.29) is 29.8 Å². The molecule has 0 aliphatic heterocycles. The molecule has 4 aliphatic carbocycles. The average molecular weight is 411 g/mol.